The molecule has 1 fully saturated rings. The van der Waals surface area contributed by atoms with Crippen LogP contribution in [0.25, 0.3) is 16.1 Å². The second-order valence-electron chi connectivity index (χ2n) is 8.28. The number of aryl methyl sites for hydroxylation is 2. The Morgan fingerprint density at radius 1 is 1.19 bits per heavy atom. The largest absolute Gasteiger partial charge is 0.334 e. The molecule has 0 spiro atoms. The summed E-state index contributed by atoms with van der Waals surface area (Å²) >= 11 is 7.68. The summed E-state index contributed by atoms with van der Waals surface area (Å²) in [6.07, 6.45) is 5.68. The minimum atomic E-state index is 0.0130. The SMILES string of the molecule is Cc1nc(C(=O)N2CCCC[C@H]2Cc2cn3nc(Cl)cc(C)c3n2)c(-c2ccccc2)s1. The Balaban J connectivity index is 1.44. The second kappa shape index (κ2) is 8.64. The van der Waals surface area contributed by atoms with Gasteiger partial charge in [-0.25, -0.2) is 14.5 Å². The van der Waals surface area contributed by atoms with E-state index in [1.807, 2.05) is 61.3 Å². The maximum absolute atomic E-state index is 13.7. The Hall–Kier alpha value is -2.77. The number of amides is 1. The Morgan fingerprint density at radius 3 is 2.81 bits per heavy atom. The molecule has 1 aliphatic heterocycles. The summed E-state index contributed by atoms with van der Waals surface area (Å²) < 4.78 is 1.74. The van der Waals surface area contributed by atoms with Gasteiger partial charge in [0.15, 0.2) is 5.65 Å². The Morgan fingerprint density at radius 2 is 2.00 bits per heavy atom. The predicted octanol–water partition coefficient (Wildman–Crippen LogP) is 5.36. The number of rotatable bonds is 4. The maximum Gasteiger partial charge on any atom is 0.274 e. The van der Waals surface area contributed by atoms with Crippen molar-refractivity contribution in [3.63, 3.8) is 0 Å². The molecule has 0 radical (unpaired) electrons. The van der Waals surface area contributed by atoms with E-state index in [0.717, 1.165) is 58.2 Å². The van der Waals surface area contributed by atoms with Gasteiger partial charge in [0.1, 0.15) is 10.8 Å². The molecule has 0 unspecified atom stereocenters. The van der Waals surface area contributed by atoms with Crippen molar-refractivity contribution >= 4 is 34.5 Å². The van der Waals surface area contributed by atoms with Crippen molar-refractivity contribution in [2.75, 3.05) is 6.54 Å². The molecule has 8 heteroatoms. The smallest absolute Gasteiger partial charge is 0.274 e. The molecule has 3 aromatic heterocycles. The van der Waals surface area contributed by atoms with E-state index in [1.165, 1.54) is 0 Å². The van der Waals surface area contributed by atoms with Gasteiger partial charge in [0.2, 0.25) is 0 Å². The average Bonchev–Trinajstić information content (AvgIpc) is 3.37. The first-order valence-corrected chi connectivity index (χ1v) is 12.0. The molecule has 4 aromatic rings. The van der Waals surface area contributed by atoms with Crippen LogP contribution in [0.2, 0.25) is 5.15 Å². The van der Waals surface area contributed by atoms with E-state index in [9.17, 15) is 4.79 Å². The molecule has 1 atom stereocenters. The maximum atomic E-state index is 13.7. The summed E-state index contributed by atoms with van der Waals surface area (Å²) in [4.78, 5) is 26.1. The van der Waals surface area contributed by atoms with Gasteiger partial charge in [0.25, 0.3) is 5.91 Å². The molecule has 0 aliphatic carbocycles. The summed E-state index contributed by atoms with van der Waals surface area (Å²) in [6, 6.07) is 11.9. The lowest BCUT2D eigenvalue weighted by Crippen LogP contribution is -2.45. The molecule has 1 aliphatic rings. The zero-order chi connectivity index (χ0) is 22.2. The summed E-state index contributed by atoms with van der Waals surface area (Å²) in [5.74, 6) is 0.0130. The highest BCUT2D eigenvalue weighted by atomic mass is 35.5. The first-order valence-electron chi connectivity index (χ1n) is 10.8. The molecule has 0 bridgehead atoms. The zero-order valence-corrected chi connectivity index (χ0v) is 19.7. The first kappa shape index (κ1) is 21.1. The van der Waals surface area contributed by atoms with Crippen molar-refractivity contribution in [2.24, 2.45) is 0 Å². The number of benzene rings is 1. The number of hydrogen-bond acceptors (Lipinski definition) is 5. The number of carbonyl (C=O) groups is 1. The Labute approximate surface area is 195 Å². The molecule has 0 N–H and O–H groups in total. The lowest BCUT2D eigenvalue weighted by Gasteiger charge is -2.35. The first-order chi connectivity index (χ1) is 15.5. The number of imidazole rings is 1. The number of hydrogen-bond donors (Lipinski definition) is 0. The minimum Gasteiger partial charge on any atom is -0.334 e. The fraction of sp³-hybridized carbons (Fsp3) is 0.333. The van der Waals surface area contributed by atoms with Crippen molar-refractivity contribution in [1.82, 2.24) is 24.5 Å². The van der Waals surface area contributed by atoms with E-state index in [-0.39, 0.29) is 11.9 Å². The van der Waals surface area contributed by atoms with Crippen LogP contribution < -0.4 is 0 Å². The van der Waals surface area contributed by atoms with E-state index < -0.39 is 0 Å². The third-order valence-electron chi connectivity index (χ3n) is 5.93. The summed E-state index contributed by atoms with van der Waals surface area (Å²) in [5, 5.41) is 5.68. The van der Waals surface area contributed by atoms with Gasteiger partial charge in [-0.1, -0.05) is 41.9 Å². The minimum absolute atomic E-state index is 0.0130. The van der Waals surface area contributed by atoms with Gasteiger partial charge in [-0.15, -0.1) is 11.3 Å². The number of aromatic nitrogens is 4. The number of fused-ring (bicyclic) bond motifs is 1. The Kier molecular flexibility index (Phi) is 5.69. The summed E-state index contributed by atoms with van der Waals surface area (Å²) in [7, 11) is 0. The zero-order valence-electron chi connectivity index (χ0n) is 18.1. The van der Waals surface area contributed by atoms with Gasteiger partial charge in [-0.05, 0) is 50.3 Å². The van der Waals surface area contributed by atoms with E-state index in [2.05, 4.69) is 10.1 Å². The van der Waals surface area contributed by atoms with Crippen molar-refractivity contribution in [3.05, 3.63) is 69.7 Å². The van der Waals surface area contributed by atoms with Crippen LogP contribution in [0, 0.1) is 13.8 Å². The quantitative estimate of drug-likeness (QED) is 0.407. The van der Waals surface area contributed by atoms with Crippen molar-refractivity contribution < 1.29 is 4.79 Å². The van der Waals surface area contributed by atoms with E-state index in [0.29, 0.717) is 17.3 Å². The van der Waals surface area contributed by atoms with Gasteiger partial charge in [-0.2, -0.15) is 5.10 Å². The molecule has 1 aromatic carbocycles. The number of carbonyl (C=O) groups excluding carboxylic acids is 1. The molecule has 0 saturated carbocycles. The van der Waals surface area contributed by atoms with Crippen LogP contribution in [-0.4, -0.2) is 43.0 Å². The van der Waals surface area contributed by atoms with Crippen LogP contribution >= 0.6 is 22.9 Å². The van der Waals surface area contributed by atoms with E-state index in [4.69, 9.17) is 16.6 Å². The third kappa shape index (κ3) is 4.02. The predicted molar refractivity (Wildman–Crippen MR) is 127 cm³/mol. The highest BCUT2D eigenvalue weighted by molar-refractivity contribution is 7.15. The van der Waals surface area contributed by atoms with E-state index >= 15 is 0 Å². The number of piperidine rings is 1. The van der Waals surface area contributed by atoms with Gasteiger partial charge in [0.05, 0.1) is 21.8 Å². The van der Waals surface area contributed by atoms with Gasteiger partial charge >= 0.3 is 0 Å². The van der Waals surface area contributed by atoms with Crippen LogP contribution in [0.5, 0.6) is 0 Å². The highest BCUT2D eigenvalue weighted by Gasteiger charge is 2.31. The summed E-state index contributed by atoms with van der Waals surface area (Å²) in [6.45, 7) is 4.68. The fourth-order valence-corrected chi connectivity index (χ4v) is 5.61. The van der Waals surface area contributed by atoms with Gasteiger partial charge in [0, 0.05) is 19.0 Å². The number of halogens is 1. The average molecular weight is 466 g/mol. The van der Waals surface area contributed by atoms with Crippen molar-refractivity contribution in [1.29, 1.82) is 0 Å². The van der Waals surface area contributed by atoms with Crippen LogP contribution in [-0.2, 0) is 6.42 Å². The third-order valence-corrected chi connectivity index (χ3v) is 7.14. The van der Waals surface area contributed by atoms with Gasteiger partial charge < -0.3 is 4.90 Å². The molecular weight excluding hydrogens is 442 g/mol. The molecule has 5 rings (SSSR count). The standard InChI is InChI=1S/C24H24ClN5OS/c1-15-12-20(25)28-30-14-18(27-23(15)30)13-19-10-6-7-11-29(19)24(31)21-22(32-16(2)26-21)17-8-4-3-5-9-17/h3-5,8-9,12,14,19H,6-7,10-11,13H2,1-2H3/t19-/m0/s1. The number of likely N-dealkylation sites (tertiary alicyclic amines) is 1. The van der Waals surface area contributed by atoms with Gasteiger partial charge in [-0.3, -0.25) is 4.79 Å². The summed E-state index contributed by atoms with van der Waals surface area (Å²) in [5.41, 5.74) is 4.31. The highest BCUT2D eigenvalue weighted by Crippen LogP contribution is 2.32. The molecular formula is C24H24ClN5OS. The molecule has 164 valence electrons. The second-order valence-corrected chi connectivity index (χ2v) is 9.87. The van der Waals surface area contributed by atoms with E-state index in [1.54, 1.807) is 15.9 Å². The molecule has 4 heterocycles. The van der Waals surface area contributed by atoms with Crippen LogP contribution in [0.15, 0.2) is 42.6 Å². The van der Waals surface area contributed by atoms with Crippen LogP contribution in [0.4, 0.5) is 0 Å². The van der Waals surface area contributed by atoms with Crippen LogP contribution in [0.1, 0.15) is 46.0 Å². The van der Waals surface area contributed by atoms with Crippen molar-refractivity contribution in [2.45, 2.75) is 45.6 Å². The lowest BCUT2D eigenvalue weighted by atomic mass is 9.97. The molecule has 1 saturated heterocycles. The van der Waals surface area contributed by atoms with Crippen molar-refractivity contribution in [3.8, 4) is 10.4 Å². The number of nitrogens with zero attached hydrogens (tertiary/aromatic N) is 5. The lowest BCUT2D eigenvalue weighted by molar-refractivity contribution is 0.0608. The molecule has 6 nitrogen and oxygen atoms in total. The molecule has 1 amide bonds. The monoisotopic (exact) mass is 465 g/mol. The Bertz CT molecular complexity index is 1280. The molecule has 32 heavy (non-hydrogen) atoms. The fourth-order valence-electron chi connectivity index (χ4n) is 4.45. The number of thiazole rings is 1. The normalized spacial score (nSPS) is 16.6. The van der Waals surface area contributed by atoms with Crippen LogP contribution in [0.3, 0.4) is 0 Å². The topological polar surface area (TPSA) is 63.4 Å².